The molecule has 0 atom stereocenters. The van der Waals surface area contributed by atoms with E-state index in [4.69, 9.17) is 0 Å². The first kappa shape index (κ1) is 11.2. The minimum Gasteiger partial charge on any atom is -0.350 e. The topological polar surface area (TPSA) is 29.1 Å². The van der Waals surface area contributed by atoms with Crippen molar-refractivity contribution in [3.05, 3.63) is 11.6 Å². The standard InChI is InChI=1S/C10H19NO/c1-5-7-9(6-2)10(12)11-8(3)4/h7-8H,5-6H2,1-4H3,(H,11,12)/b9-7-. The van der Waals surface area contributed by atoms with Crippen LogP contribution in [0.3, 0.4) is 0 Å². The number of allylic oxidation sites excluding steroid dienone is 1. The van der Waals surface area contributed by atoms with Crippen molar-refractivity contribution >= 4 is 5.91 Å². The highest BCUT2D eigenvalue weighted by Crippen LogP contribution is 2.02. The molecule has 0 aliphatic rings. The van der Waals surface area contributed by atoms with E-state index in [-0.39, 0.29) is 11.9 Å². The maximum atomic E-state index is 11.4. The monoisotopic (exact) mass is 169 g/mol. The number of hydrogen-bond donors (Lipinski definition) is 1. The third kappa shape index (κ3) is 4.16. The Balaban J connectivity index is 4.13. The van der Waals surface area contributed by atoms with Crippen LogP contribution in [0.25, 0.3) is 0 Å². The molecule has 1 N–H and O–H groups in total. The predicted octanol–water partition coefficient (Wildman–Crippen LogP) is 2.26. The molecule has 0 heterocycles. The number of nitrogens with one attached hydrogen (secondary N) is 1. The molecule has 2 nitrogen and oxygen atoms in total. The molecular formula is C10H19NO. The SMILES string of the molecule is CC/C=C(/CC)C(=O)NC(C)C. The predicted molar refractivity (Wildman–Crippen MR) is 51.9 cm³/mol. The maximum Gasteiger partial charge on any atom is 0.247 e. The van der Waals surface area contributed by atoms with Gasteiger partial charge in [-0.05, 0) is 26.7 Å². The molecule has 0 rings (SSSR count). The fourth-order valence-corrected chi connectivity index (χ4v) is 0.999. The van der Waals surface area contributed by atoms with Crippen molar-refractivity contribution < 1.29 is 4.79 Å². The Morgan fingerprint density at radius 3 is 2.33 bits per heavy atom. The minimum absolute atomic E-state index is 0.0781. The molecule has 12 heavy (non-hydrogen) atoms. The summed E-state index contributed by atoms with van der Waals surface area (Å²) in [4.78, 5) is 11.4. The zero-order chi connectivity index (χ0) is 9.56. The van der Waals surface area contributed by atoms with Crippen molar-refractivity contribution in [1.29, 1.82) is 0 Å². The Kier molecular flexibility index (Phi) is 5.43. The van der Waals surface area contributed by atoms with Crippen LogP contribution in [0.4, 0.5) is 0 Å². The summed E-state index contributed by atoms with van der Waals surface area (Å²) in [5.74, 6) is 0.0781. The van der Waals surface area contributed by atoms with Gasteiger partial charge in [-0.2, -0.15) is 0 Å². The van der Waals surface area contributed by atoms with Gasteiger partial charge in [0.25, 0.3) is 0 Å². The lowest BCUT2D eigenvalue weighted by Crippen LogP contribution is -2.31. The summed E-state index contributed by atoms with van der Waals surface area (Å²) in [6, 6.07) is 0.226. The van der Waals surface area contributed by atoms with E-state index in [1.54, 1.807) is 0 Å². The smallest absolute Gasteiger partial charge is 0.247 e. The highest BCUT2D eigenvalue weighted by molar-refractivity contribution is 5.93. The summed E-state index contributed by atoms with van der Waals surface area (Å²) in [6.45, 7) is 7.98. The van der Waals surface area contributed by atoms with E-state index in [0.29, 0.717) is 0 Å². The van der Waals surface area contributed by atoms with Crippen LogP contribution in [-0.2, 0) is 4.79 Å². The lowest BCUT2D eigenvalue weighted by atomic mass is 10.1. The molecule has 0 aliphatic carbocycles. The van der Waals surface area contributed by atoms with E-state index in [2.05, 4.69) is 5.32 Å². The summed E-state index contributed by atoms with van der Waals surface area (Å²) in [7, 11) is 0. The fourth-order valence-electron chi connectivity index (χ4n) is 0.999. The van der Waals surface area contributed by atoms with Gasteiger partial charge in [0.05, 0.1) is 0 Å². The van der Waals surface area contributed by atoms with Crippen molar-refractivity contribution in [2.75, 3.05) is 0 Å². The molecule has 1 amide bonds. The quantitative estimate of drug-likeness (QED) is 0.642. The van der Waals surface area contributed by atoms with Gasteiger partial charge < -0.3 is 5.32 Å². The highest BCUT2D eigenvalue weighted by Gasteiger charge is 2.06. The van der Waals surface area contributed by atoms with Crippen molar-refractivity contribution in [2.24, 2.45) is 0 Å². The maximum absolute atomic E-state index is 11.4. The molecule has 0 saturated heterocycles. The molecule has 0 spiro atoms. The molecule has 0 saturated carbocycles. The van der Waals surface area contributed by atoms with Crippen LogP contribution in [0.1, 0.15) is 40.5 Å². The average Bonchev–Trinajstić information content (AvgIpc) is 1.98. The van der Waals surface area contributed by atoms with Gasteiger partial charge in [0.15, 0.2) is 0 Å². The Hall–Kier alpha value is -0.790. The summed E-state index contributed by atoms with van der Waals surface area (Å²) in [5.41, 5.74) is 0.895. The van der Waals surface area contributed by atoms with Gasteiger partial charge in [-0.25, -0.2) is 0 Å². The van der Waals surface area contributed by atoms with Crippen molar-refractivity contribution in [1.82, 2.24) is 5.32 Å². The van der Waals surface area contributed by atoms with E-state index < -0.39 is 0 Å². The number of amides is 1. The zero-order valence-electron chi connectivity index (χ0n) is 8.48. The lowest BCUT2D eigenvalue weighted by Gasteiger charge is -2.09. The van der Waals surface area contributed by atoms with Crippen LogP contribution >= 0.6 is 0 Å². The Morgan fingerprint density at radius 1 is 1.42 bits per heavy atom. The number of carbonyl (C=O) groups excluding carboxylic acids is 1. The summed E-state index contributed by atoms with van der Waals surface area (Å²) < 4.78 is 0. The third-order valence-corrected chi connectivity index (χ3v) is 1.54. The minimum atomic E-state index is 0.0781. The lowest BCUT2D eigenvalue weighted by molar-refractivity contribution is -0.118. The van der Waals surface area contributed by atoms with Gasteiger partial charge in [0.1, 0.15) is 0 Å². The van der Waals surface area contributed by atoms with E-state index in [9.17, 15) is 4.79 Å². The summed E-state index contributed by atoms with van der Waals surface area (Å²) in [5, 5.41) is 2.87. The van der Waals surface area contributed by atoms with Crippen LogP contribution in [0.5, 0.6) is 0 Å². The van der Waals surface area contributed by atoms with Gasteiger partial charge >= 0.3 is 0 Å². The number of carbonyl (C=O) groups is 1. The fraction of sp³-hybridized carbons (Fsp3) is 0.700. The molecule has 70 valence electrons. The molecule has 0 aromatic carbocycles. The van der Waals surface area contributed by atoms with Crippen molar-refractivity contribution in [3.63, 3.8) is 0 Å². The molecule has 0 radical (unpaired) electrons. The molecule has 0 aromatic heterocycles. The Bertz CT molecular complexity index is 171. The van der Waals surface area contributed by atoms with Crippen LogP contribution in [0.15, 0.2) is 11.6 Å². The molecule has 0 bridgehead atoms. The number of hydrogen-bond acceptors (Lipinski definition) is 1. The molecule has 2 heteroatoms. The van der Waals surface area contributed by atoms with Gasteiger partial charge in [-0.15, -0.1) is 0 Å². The van der Waals surface area contributed by atoms with Crippen molar-refractivity contribution in [2.45, 2.75) is 46.6 Å². The van der Waals surface area contributed by atoms with Gasteiger partial charge in [0.2, 0.25) is 5.91 Å². The van der Waals surface area contributed by atoms with Gasteiger partial charge in [-0.1, -0.05) is 19.9 Å². The van der Waals surface area contributed by atoms with Crippen LogP contribution in [0.2, 0.25) is 0 Å². The normalized spacial score (nSPS) is 11.9. The Labute approximate surface area is 75.0 Å². The zero-order valence-corrected chi connectivity index (χ0v) is 8.48. The second kappa shape index (κ2) is 5.81. The Morgan fingerprint density at radius 2 is 2.00 bits per heavy atom. The average molecular weight is 169 g/mol. The first-order valence-electron chi connectivity index (χ1n) is 4.61. The number of rotatable bonds is 4. The summed E-state index contributed by atoms with van der Waals surface area (Å²) in [6.07, 6.45) is 3.72. The van der Waals surface area contributed by atoms with E-state index in [1.165, 1.54) is 0 Å². The highest BCUT2D eigenvalue weighted by atomic mass is 16.1. The van der Waals surface area contributed by atoms with E-state index in [0.717, 1.165) is 18.4 Å². The first-order valence-corrected chi connectivity index (χ1v) is 4.61. The van der Waals surface area contributed by atoms with E-state index >= 15 is 0 Å². The summed E-state index contributed by atoms with van der Waals surface area (Å²) >= 11 is 0. The van der Waals surface area contributed by atoms with Crippen LogP contribution < -0.4 is 5.32 Å². The third-order valence-electron chi connectivity index (χ3n) is 1.54. The molecule has 0 aromatic rings. The largest absolute Gasteiger partial charge is 0.350 e. The molecule has 0 fully saturated rings. The van der Waals surface area contributed by atoms with E-state index in [1.807, 2.05) is 33.8 Å². The van der Waals surface area contributed by atoms with Gasteiger partial charge in [-0.3, -0.25) is 4.79 Å². The second-order valence-electron chi connectivity index (χ2n) is 3.12. The second-order valence-corrected chi connectivity index (χ2v) is 3.12. The first-order chi connectivity index (χ1) is 5.61. The van der Waals surface area contributed by atoms with Gasteiger partial charge in [0, 0.05) is 11.6 Å². The molecular weight excluding hydrogens is 150 g/mol. The molecule has 0 aliphatic heterocycles. The van der Waals surface area contributed by atoms with Crippen molar-refractivity contribution in [3.8, 4) is 0 Å². The molecule has 0 unspecified atom stereocenters. The van der Waals surface area contributed by atoms with Crippen LogP contribution in [-0.4, -0.2) is 11.9 Å². The van der Waals surface area contributed by atoms with Crippen LogP contribution in [0, 0.1) is 0 Å².